The van der Waals surface area contributed by atoms with Crippen LogP contribution in [-0.2, 0) is 11.0 Å². The van der Waals surface area contributed by atoms with E-state index in [2.05, 4.69) is 26.2 Å². The molecule has 4 rings (SSSR count). The van der Waals surface area contributed by atoms with Crippen LogP contribution in [0, 0.1) is 0 Å². The highest BCUT2D eigenvalue weighted by Gasteiger charge is 2.45. The number of carbonyl (C=O) groups is 1. The fraction of sp³-hybridized carbons (Fsp3) is 0.308. The zero-order valence-electron chi connectivity index (χ0n) is 20.2. The van der Waals surface area contributed by atoms with Crippen molar-refractivity contribution in [1.82, 2.24) is 10.3 Å². The van der Waals surface area contributed by atoms with Crippen LogP contribution in [0.2, 0.25) is 5.02 Å². The minimum absolute atomic E-state index is 0.0114. The van der Waals surface area contributed by atoms with E-state index in [1.165, 1.54) is 18.2 Å². The number of nitrogens with zero attached hydrogens (tertiary/aromatic N) is 1. The number of aliphatic hydroxyl groups excluding tert-OH is 1. The molecule has 39 heavy (non-hydrogen) atoms. The number of amides is 1. The van der Waals surface area contributed by atoms with Crippen molar-refractivity contribution in [2.75, 3.05) is 0 Å². The van der Waals surface area contributed by atoms with Crippen LogP contribution in [-0.4, -0.2) is 33.9 Å². The molecule has 0 saturated heterocycles. The van der Waals surface area contributed by atoms with Crippen LogP contribution in [0.15, 0.2) is 53.0 Å². The molecule has 1 aliphatic rings. The SMILES string of the molecule is CC1(C)C[C@@H](NC(=O)C(O)C(F)(F)F)c2cc(-c3ccc(C(F)(F)F)cc3)c(-c3ccc(Br)cc3Cl)nc2O1. The monoisotopic (exact) mass is 636 g/mol. The van der Waals surface area contributed by atoms with Crippen molar-refractivity contribution < 1.29 is 41.0 Å². The molecule has 208 valence electrons. The summed E-state index contributed by atoms with van der Waals surface area (Å²) < 4.78 is 85.1. The number of fused-ring (bicyclic) bond motifs is 1. The third-order valence-electron chi connectivity index (χ3n) is 6.04. The number of ether oxygens (including phenoxy) is 1. The van der Waals surface area contributed by atoms with E-state index in [0.717, 1.165) is 12.1 Å². The van der Waals surface area contributed by atoms with Gasteiger partial charge in [-0.25, -0.2) is 4.98 Å². The molecule has 0 radical (unpaired) electrons. The molecule has 5 nitrogen and oxygen atoms in total. The highest BCUT2D eigenvalue weighted by molar-refractivity contribution is 9.10. The number of aliphatic hydroxyl groups is 1. The van der Waals surface area contributed by atoms with Gasteiger partial charge in [0.05, 0.1) is 22.3 Å². The van der Waals surface area contributed by atoms with Crippen molar-refractivity contribution in [1.29, 1.82) is 0 Å². The minimum Gasteiger partial charge on any atom is -0.471 e. The van der Waals surface area contributed by atoms with Crippen LogP contribution in [0.4, 0.5) is 26.3 Å². The molecule has 0 bridgehead atoms. The number of aromatic nitrogens is 1. The van der Waals surface area contributed by atoms with E-state index in [0.29, 0.717) is 21.2 Å². The van der Waals surface area contributed by atoms with Crippen molar-refractivity contribution in [2.24, 2.45) is 0 Å². The summed E-state index contributed by atoms with van der Waals surface area (Å²) in [5, 5.41) is 11.9. The molecule has 1 aromatic heterocycles. The van der Waals surface area contributed by atoms with Gasteiger partial charge in [0.1, 0.15) is 5.60 Å². The average Bonchev–Trinajstić information content (AvgIpc) is 2.81. The standard InChI is InChI=1S/C26H20BrClF6N2O3/c1-24(2)11-19(35-22(38)21(37)26(32,33)34)17-10-16(12-3-5-13(6-4-12)25(29,30)31)20(36-23(17)39-24)15-8-7-14(27)9-18(15)28/h3-10,19,21,37H,11H2,1-2H3,(H,35,38)/t19-,21?/m1/s1. The normalized spacial score (nSPS) is 17.7. The molecule has 0 saturated carbocycles. The number of nitrogens with one attached hydrogen (secondary N) is 1. The van der Waals surface area contributed by atoms with E-state index in [9.17, 15) is 36.2 Å². The third kappa shape index (κ3) is 6.33. The molecule has 2 heterocycles. The highest BCUT2D eigenvalue weighted by atomic mass is 79.9. The Labute approximate surface area is 232 Å². The molecule has 2 atom stereocenters. The van der Waals surface area contributed by atoms with Crippen LogP contribution in [0.3, 0.4) is 0 Å². The molecule has 13 heteroatoms. The van der Waals surface area contributed by atoms with Crippen molar-refractivity contribution >= 4 is 33.4 Å². The van der Waals surface area contributed by atoms with Gasteiger partial charge in [0.25, 0.3) is 5.91 Å². The quantitative estimate of drug-likeness (QED) is 0.291. The summed E-state index contributed by atoms with van der Waals surface area (Å²) in [5.74, 6) is -1.67. The van der Waals surface area contributed by atoms with E-state index in [1.807, 2.05) is 0 Å². The number of benzene rings is 2. The maximum Gasteiger partial charge on any atom is 0.423 e. The Kier molecular flexibility index (Phi) is 7.69. The molecule has 3 aromatic rings. The van der Waals surface area contributed by atoms with Gasteiger partial charge in [-0.1, -0.05) is 45.7 Å². The number of hydrogen-bond acceptors (Lipinski definition) is 4. The Bertz CT molecular complexity index is 1410. The van der Waals surface area contributed by atoms with Gasteiger partial charge < -0.3 is 15.2 Å². The predicted octanol–water partition coefficient (Wildman–Crippen LogP) is 7.49. The number of alkyl halides is 6. The third-order valence-corrected chi connectivity index (χ3v) is 6.85. The minimum atomic E-state index is -5.18. The number of hydrogen-bond donors (Lipinski definition) is 2. The number of halogens is 8. The van der Waals surface area contributed by atoms with E-state index < -0.39 is 41.6 Å². The molecule has 1 unspecified atom stereocenters. The van der Waals surface area contributed by atoms with E-state index in [-0.39, 0.29) is 28.6 Å². The number of rotatable bonds is 4. The van der Waals surface area contributed by atoms with Gasteiger partial charge in [0.15, 0.2) is 0 Å². The largest absolute Gasteiger partial charge is 0.471 e. The summed E-state index contributed by atoms with van der Waals surface area (Å²) >= 11 is 9.79. The molecule has 0 spiro atoms. The first-order valence-electron chi connectivity index (χ1n) is 11.4. The van der Waals surface area contributed by atoms with Crippen LogP contribution >= 0.6 is 27.5 Å². The van der Waals surface area contributed by atoms with Gasteiger partial charge in [0, 0.05) is 27.6 Å². The van der Waals surface area contributed by atoms with Crippen LogP contribution < -0.4 is 10.1 Å². The zero-order chi connectivity index (χ0) is 28.9. The maximum atomic E-state index is 13.2. The summed E-state index contributed by atoms with van der Waals surface area (Å²) in [7, 11) is 0. The van der Waals surface area contributed by atoms with Gasteiger partial charge in [0.2, 0.25) is 12.0 Å². The summed E-state index contributed by atoms with van der Waals surface area (Å²) in [6, 6.07) is 9.59. The van der Waals surface area contributed by atoms with E-state index >= 15 is 0 Å². The molecule has 0 aliphatic carbocycles. The first-order valence-corrected chi connectivity index (χ1v) is 12.6. The predicted molar refractivity (Wildman–Crippen MR) is 135 cm³/mol. The Hall–Kier alpha value is -2.83. The second-order valence-corrected chi connectivity index (χ2v) is 10.9. The molecule has 2 aromatic carbocycles. The highest BCUT2D eigenvalue weighted by Crippen LogP contribution is 2.45. The van der Waals surface area contributed by atoms with E-state index in [4.69, 9.17) is 16.3 Å². The molecular weight excluding hydrogens is 618 g/mol. The van der Waals surface area contributed by atoms with Crippen molar-refractivity contribution in [3.05, 3.63) is 69.2 Å². The van der Waals surface area contributed by atoms with Crippen LogP contribution in [0.5, 0.6) is 5.88 Å². The fourth-order valence-electron chi connectivity index (χ4n) is 4.22. The van der Waals surface area contributed by atoms with E-state index in [1.54, 1.807) is 32.0 Å². The van der Waals surface area contributed by atoms with Gasteiger partial charge in [-0.2, -0.15) is 26.3 Å². The van der Waals surface area contributed by atoms with Gasteiger partial charge in [-0.05, 0) is 49.7 Å². The average molecular weight is 638 g/mol. The zero-order valence-corrected chi connectivity index (χ0v) is 22.6. The maximum absolute atomic E-state index is 13.2. The summed E-state index contributed by atoms with van der Waals surface area (Å²) in [4.78, 5) is 16.8. The van der Waals surface area contributed by atoms with Crippen molar-refractivity contribution in [3.63, 3.8) is 0 Å². The first kappa shape index (κ1) is 29.2. The first-order chi connectivity index (χ1) is 18.0. The lowest BCUT2D eigenvalue weighted by molar-refractivity contribution is -0.205. The summed E-state index contributed by atoms with van der Waals surface area (Å²) in [5.41, 5.74) is -0.428. The van der Waals surface area contributed by atoms with Gasteiger partial charge in [-0.3, -0.25) is 4.79 Å². The molecular formula is C26H20BrClF6N2O3. The van der Waals surface area contributed by atoms with Crippen molar-refractivity contribution in [3.8, 4) is 28.3 Å². The van der Waals surface area contributed by atoms with Crippen LogP contribution in [0.1, 0.15) is 37.4 Å². The lowest BCUT2D eigenvalue weighted by Gasteiger charge is -2.38. The Morgan fingerprint density at radius 2 is 1.74 bits per heavy atom. The van der Waals surface area contributed by atoms with Crippen LogP contribution in [0.25, 0.3) is 22.4 Å². The Morgan fingerprint density at radius 1 is 1.10 bits per heavy atom. The fourth-order valence-corrected chi connectivity index (χ4v) is 4.98. The van der Waals surface area contributed by atoms with Crippen molar-refractivity contribution in [2.45, 2.75) is 50.4 Å². The summed E-state index contributed by atoms with van der Waals surface area (Å²) in [6.45, 7) is 3.29. The molecule has 0 fully saturated rings. The Balaban J connectivity index is 1.90. The second-order valence-electron chi connectivity index (χ2n) is 9.55. The molecule has 2 N–H and O–H groups in total. The number of carbonyl (C=O) groups excluding carboxylic acids is 1. The molecule has 1 aliphatic heterocycles. The Morgan fingerprint density at radius 3 is 2.31 bits per heavy atom. The lowest BCUT2D eigenvalue weighted by Crippen LogP contribution is -2.48. The van der Waals surface area contributed by atoms with Gasteiger partial charge >= 0.3 is 12.4 Å². The molecule has 1 amide bonds. The van der Waals surface area contributed by atoms with Gasteiger partial charge in [-0.15, -0.1) is 0 Å². The smallest absolute Gasteiger partial charge is 0.423 e. The summed E-state index contributed by atoms with van der Waals surface area (Å²) in [6.07, 6.45) is -13.0. The second kappa shape index (κ2) is 10.3. The lowest BCUT2D eigenvalue weighted by atomic mass is 9.88. The number of pyridine rings is 1. The topological polar surface area (TPSA) is 71.5 Å².